The lowest BCUT2D eigenvalue weighted by molar-refractivity contribution is 0.125. The number of aromatic hydroxyl groups is 1. The van der Waals surface area contributed by atoms with Gasteiger partial charge >= 0.3 is 0 Å². The van der Waals surface area contributed by atoms with Crippen LogP contribution in [0.1, 0.15) is 31.9 Å². The Morgan fingerprint density at radius 3 is 2.68 bits per heavy atom. The van der Waals surface area contributed by atoms with Crippen molar-refractivity contribution in [2.24, 2.45) is 5.92 Å². The number of para-hydroxylation sites is 1. The molecule has 0 radical (unpaired) electrons. The number of phenolic OH excluding ortho intramolecular Hbond substituents is 1. The molecule has 0 aromatic heterocycles. The molecular weight excluding hydrogens is 243 g/mol. The SMILES string of the molecule is CCC(C)[C@@H](c1cccc(F)c1O)N1CCNCC1. The van der Waals surface area contributed by atoms with E-state index in [1.807, 2.05) is 6.07 Å². The summed E-state index contributed by atoms with van der Waals surface area (Å²) in [6, 6.07) is 4.92. The first-order chi connectivity index (χ1) is 9.15. The minimum absolute atomic E-state index is 0.0859. The van der Waals surface area contributed by atoms with Gasteiger partial charge in [-0.05, 0) is 12.0 Å². The molecule has 1 aromatic carbocycles. The molecule has 0 amide bonds. The molecule has 1 aliphatic rings. The summed E-state index contributed by atoms with van der Waals surface area (Å²) < 4.78 is 13.6. The molecule has 1 fully saturated rings. The van der Waals surface area contributed by atoms with Gasteiger partial charge in [-0.25, -0.2) is 4.39 Å². The van der Waals surface area contributed by atoms with Crippen molar-refractivity contribution in [1.82, 2.24) is 10.2 Å². The molecule has 2 rings (SSSR count). The number of benzene rings is 1. The van der Waals surface area contributed by atoms with Crippen LogP contribution in [-0.4, -0.2) is 36.2 Å². The van der Waals surface area contributed by atoms with E-state index < -0.39 is 5.82 Å². The zero-order chi connectivity index (χ0) is 13.8. The molecule has 2 N–H and O–H groups in total. The molecule has 2 atom stereocenters. The predicted molar refractivity (Wildman–Crippen MR) is 74.7 cm³/mol. The third kappa shape index (κ3) is 3.07. The Hall–Kier alpha value is -1.13. The molecule has 0 aliphatic carbocycles. The summed E-state index contributed by atoms with van der Waals surface area (Å²) in [6.45, 7) is 8.06. The molecule has 1 aromatic rings. The van der Waals surface area contributed by atoms with E-state index in [-0.39, 0.29) is 11.8 Å². The number of hydrogen-bond donors (Lipinski definition) is 2. The molecule has 1 aliphatic heterocycles. The lowest BCUT2D eigenvalue weighted by Gasteiger charge is -2.38. The largest absolute Gasteiger partial charge is 0.505 e. The maximum Gasteiger partial charge on any atom is 0.165 e. The number of nitrogens with zero attached hydrogens (tertiary/aromatic N) is 1. The van der Waals surface area contributed by atoms with Gasteiger partial charge in [-0.15, -0.1) is 0 Å². The molecule has 1 saturated heterocycles. The maximum absolute atomic E-state index is 13.6. The van der Waals surface area contributed by atoms with Crippen LogP contribution in [0.15, 0.2) is 18.2 Å². The van der Waals surface area contributed by atoms with Crippen molar-refractivity contribution >= 4 is 0 Å². The van der Waals surface area contributed by atoms with Gasteiger partial charge in [0.1, 0.15) is 0 Å². The van der Waals surface area contributed by atoms with E-state index >= 15 is 0 Å². The number of rotatable bonds is 4. The molecule has 0 saturated carbocycles. The lowest BCUT2D eigenvalue weighted by atomic mass is 9.90. The highest BCUT2D eigenvalue weighted by molar-refractivity contribution is 5.36. The smallest absolute Gasteiger partial charge is 0.165 e. The summed E-state index contributed by atoms with van der Waals surface area (Å²) in [6.07, 6.45) is 1.00. The van der Waals surface area contributed by atoms with E-state index in [4.69, 9.17) is 0 Å². The average Bonchev–Trinajstić information content (AvgIpc) is 2.44. The summed E-state index contributed by atoms with van der Waals surface area (Å²) in [4.78, 5) is 2.35. The van der Waals surface area contributed by atoms with Crippen molar-refractivity contribution in [3.05, 3.63) is 29.6 Å². The number of hydrogen-bond acceptors (Lipinski definition) is 3. The highest BCUT2D eigenvalue weighted by Gasteiger charge is 2.29. The van der Waals surface area contributed by atoms with Gasteiger partial charge in [0, 0.05) is 37.8 Å². The fraction of sp³-hybridized carbons (Fsp3) is 0.600. The predicted octanol–water partition coefficient (Wildman–Crippen LogP) is 2.52. The second kappa shape index (κ2) is 6.35. The van der Waals surface area contributed by atoms with Crippen molar-refractivity contribution in [1.29, 1.82) is 0 Å². The van der Waals surface area contributed by atoms with Crippen molar-refractivity contribution in [2.75, 3.05) is 26.2 Å². The molecular formula is C15H23FN2O. The van der Waals surface area contributed by atoms with Gasteiger partial charge in [-0.3, -0.25) is 4.90 Å². The van der Waals surface area contributed by atoms with Gasteiger partial charge in [0.15, 0.2) is 11.6 Å². The van der Waals surface area contributed by atoms with Crippen LogP contribution < -0.4 is 5.32 Å². The summed E-state index contributed by atoms with van der Waals surface area (Å²) in [5, 5.41) is 13.4. The Labute approximate surface area is 114 Å². The van der Waals surface area contributed by atoms with Crippen molar-refractivity contribution < 1.29 is 9.50 Å². The van der Waals surface area contributed by atoms with Crippen LogP contribution in [0.2, 0.25) is 0 Å². The van der Waals surface area contributed by atoms with E-state index in [2.05, 4.69) is 24.1 Å². The van der Waals surface area contributed by atoms with E-state index in [0.29, 0.717) is 5.92 Å². The molecule has 0 spiro atoms. The number of piperazine rings is 1. The Morgan fingerprint density at radius 2 is 2.05 bits per heavy atom. The second-order valence-corrected chi connectivity index (χ2v) is 5.29. The Balaban J connectivity index is 2.33. The van der Waals surface area contributed by atoms with Crippen molar-refractivity contribution in [3.63, 3.8) is 0 Å². The van der Waals surface area contributed by atoms with Crippen molar-refractivity contribution in [2.45, 2.75) is 26.3 Å². The standard InChI is InChI=1S/C15H23FN2O/c1-3-11(2)14(18-9-7-17-8-10-18)12-5-4-6-13(16)15(12)19/h4-6,11,14,17,19H,3,7-10H2,1-2H3/t11?,14-/m0/s1. The summed E-state index contributed by atoms with van der Waals surface area (Å²) in [5.74, 6) is -0.335. The van der Waals surface area contributed by atoms with Crippen LogP contribution >= 0.6 is 0 Å². The molecule has 1 unspecified atom stereocenters. The molecule has 1 heterocycles. The van der Waals surface area contributed by atoms with Crippen LogP contribution in [0, 0.1) is 11.7 Å². The molecule has 3 nitrogen and oxygen atoms in total. The number of nitrogens with one attached hydrogen (secondary N) is 1. The lowest BCUT2D eigenvalue weighted by Crippen LogP contribution is -2.46. The Morgan fingerprint density at radius 1 is 1.37 bits per heavy atom. The van der Waals surface area contributed by atoms with E-state index in [9.17, 15) is 9.50 Å². The molecule has 19 heavy (non-hydrogen) atoms. The Bertz CT molecular complexity index is 419. The third-order valence-corrected chi connectivity index (χ3v) is 4.06. The topological polar surface area (TPSA) is 35.5 Å². The van der Waals surface area contributed by atoms with Crippen LogP contribution in [-0.2, 0) is 0 Å². The first-order valence-corrected chi connectivity index (χ1v) is 7.07. The molecule has 4 heteroatoms. The number of phenols is 1. The molecule has 106 valence electrons. The van der Waals surface area contributed by atoms with Gasteiger partial charge in [0.2, 0.25) is 0 Å². The van der Waals surface area contributed by atoms with E-state index in [1.165, 1.54) is 6.07 Å². The van der Waals surface area contributed by atoms with Crippen LogP contribution in [0.25, 0.3) is 0 Å². The quantitative estimate of drug-likeness (QED) is 0.879. The number of halogens is 1. The maximum atomic E-state index is 13.6. The summed E-state index contributed by atoms with van der Waals surface area (Å²) in [7, 11) is 0. The van der Waals surface area contributed by atoms with Crippen LogP contribution in [0.4, 0.5) is 4.39 Å². The van der Waals surface area contributed by atoms with Crippen molar-refractivity contribution in [3.8, 4) is 5.75 Å². The fourth-order valence-corrected chi connectivity index (χ4v) is 2.82. The minimum Gasteiger partial charge on any atom is -0.505 e. The summed E-state index contributed by atoms with van der Waals surface area (Å²) in [5.41, 5.74) is 0.719. The first kappa shape index (κ1) is 14.3. The zero-order valence-corrected chi connectivity index (χ0v) is 11.7. The monoisotopic (exact) mass is 266 g/mol. The van der Waals surface area contributed by atoms with Gasteiger partial charge in [0.25, 0.3) is 0 Å². The third-order valence-electron chi connectivity index (χ3n) is 4.06. The van der Waals surface area contributed by atoms with Gasteiger partial charge in [-0.2, -0.15) is 0 Å². The Kier molecular flexibility index (Phi) is 4.77. The second-order valence-electron chi connectivity index (χ2n) is 5.29. The van der Waals surface area contributed by atoms with Gasteiger partial charge in [-0.1, -0.05) is 32.4 Å². The van der Waals surface area contributed by atoms with E-state index in [0.717, 1.165) is 38.2 Å². The highest BCUT2D eigenvalue weighted by atomic mass is 19.1. The van der Waals surface area contributed by atoms with E-state index in [1.54, 1.807) is 6.07 Å². The summed E-state index contributed by atoms with van der Waals surface area (Å²) >= 11 is 0. The van der Waals surface area contributed by atoms with Crippen LogP contribution in [0.3, 0.4) is 0 Å². The molecule has 0 bridgehead atoms. The van der Waals surface area contributed by atoms with Crippen LogP contribution in [0.5, 0.6) is 5.75 Å². The average molecular weight is 266 g/mol. The van der Waals surface area contributed by atoms with Gasteiger partial charge < -0.3 is 10.4 Å². The normalized spacial score (nSPS) is 20.2. The minimum atomic E-state index is -0.527. The first-order valence-electron chi connectivity index (χ1n) is 7.07. The van der Waals surface area contributed by atoms with Gasteiger partial charge in [0.05, 0.1) is 0 Å². The zero-order valence-electron chi connectivity index (χ0n) is 11.7. The highest BCUT2D eigenvalue weighted by Crippen LogP contribution is 2.36. The fourth-order valence-electron chi connectivity index (χ4n) is 2.82.